The summed E-state index contributed by atoms with van der Waals surface area (Å²) in [6, 6.07) is 5.00. The van der Waals surface area contributed by atoms with Crippen LogP contribution in [0.5, 0.6) is 0 Å². The molecule has 2 atom stereocenters. The third kappa shape index (κ3) is 5.59. The van der Waals surface area contributed by atoms with E-state index < -0.39 is 11.7 Å². The van der Waals surface area contributed by atoms with Gasteiger partial charge in [0.1, 0.15) is 6.26 Å². The number of aliphatic hydroxyl groups excluding tert-OH is 1. The largest absolute Gasteiger partial charge is 0.446 e. The van der Waals surface area contributed by atoms with Gasteiger partial charge in [-0.05, 0) is 24.1 Å². The molecule has 33 heavy (non-hydrogen) atoms. The van der Waals surface area contributed by atoms with Gasteiger partial charge >= 0.3 is 12.2 Å². The second-order valence-corrected chi connectivity index (χ2v) is 8.26. The van der Waals surface area contributed by atoms with Crippen molar-refractivity contribution in [2.24, 2.45) is 0 Å². The first-order valence-electron chi connectivity index (χ1n) is 10.9. The van der Waals surface area contributed by atoms with Crippen molar-refractivity contribution >= 4 is 11.8 Å². The number of likely N-dealkylation sites (tertiary alicyclic amines) is 1. The molecule has 4 rings (SSSR count). The molecule has 11 heteroatoms. The number of alkyl halides is 3. The van der Waals surface area contributed by atoms with E-state index in [1.807, 2.05) is 0 Å². The van der Waals surface area contributed by atoms with Crippen molar-refractivity contribution < 1.29 is 32.2 Å². The molecule has 2 aliphatic rings. The first-order valence-corrected chi connectivity index (χ1v) is 10.9. The van der Waals surface area contributed by atoms with Gasteiger partial charge in [0.05, 0.1) is 31.3 Å². The fraction of sp³-hybridized carbons (Fsp3) is 0.545. The van der Waals surface area contributed by atoms with Crippen LogP contribution in [0.1, 0.15) is 35.3 Å². The van der Waals surface area contributed by atoms with Crippen molar-refractivity contribution in [2.45, 2.75) is 24.4 Å². The molecule has 1 aromatic heterocycles. The van der Waals surface area contributed by atoms with E-state index in [4.69, 9.17) is 14.3 Å². The summed E-state index contributed by atoms with van der Waals surface area (Å²) in [5.41, 5.74) is 0.0322. The van der Waals surface area contributed by atoms with E-state index in [9.17, 15) is 18.0 Å². The van der Waals surface area contributed by atoms with E-state index in [1.54, 1.807) is 9.80 Å². The normalized spacial score (nSPS) is 21.8. The van der Waals surface area contributed by atoms with Gasteiger partial charge in [0.15, 0.2) is 5.82 Å². The summed E-state index contributed by atoms with van der Waals surface area (Å²) in [5, 5.41) is 11.9. The molecule has 2 aromatic rings. The number of anilines is 1. The van der Waals surface area contributed by atoms with Crippen LogP contribution in [0.2, 0.25) is 0 Å². The number of nitrogens with zero attached hydrogens (tertiary/aromatic N) is 3. The fourth-order valence-electron chi connectivity index (χ4n) is 4.31. The van der Waals surface area contributed by atoms with Crippen LogP contribution in [-0.4, -0.2) is 78.5 Å². The van der Waals surface area contributed by atoms with Crippen molar-refractivity contribution in [3.8, 4) is 0 Å². The van der Waals surface area contributed by atoms with Gasteiger partial charge in [0, 0.05) is 38.6 Å². The zero-order valence-corrected chi connectivity index (χ0v) is 18.1. The van der Waals surface area contributed by atoms with Crippen LogP contribution in [0.15, 0.2) is 34.9 Å². The molecular weight excluding hydrogens is 441 g/mol. The Labute approximate surface area is 189 Å². The number of piperidine rings is 1. The third-order valence-corrected chi connectivity index (χ3v) is 6.00. The number of nitrogens with one attached hydrogen (secondary N) is 1. The lowest BCUT2D eigenvalue weighted by Crippen LogP contribution is -2.52. The number of benzene rings is 1. The molecule has 2 fully saturated rings. The smallest absolute Gasteiger partial charge is 0.416 e. The molecule has 0 saturated carbocycles. The highest BCUT2D eigenvalue weighted by Gasteiger charge is 2.37. The predicted molar refractivity (Wildman–Crippen MR) is 113 cm³/mol. The molecule has 1 aromatic carbocycles. The van der Waals surface area contributed by atoms with Gasteiger partial charge in [-0.15, -0.1) is 0 Å². The first-order chi connectivity index (χ1) is 15.8. The maximum Gasteiger partial charge on any atom is 0.416 e. The highest BCUT2D eigenvalue weighted by Crippen LogP contribution is 2.37. The van der Waals surface area contributed by atoms with Crippen molar-refractivity contribution in [3.63, 3.8) is 0 Å². The lowest BCUT2D eigenvalue weighted by molar-refractivity contribution is -0.137. The maximum absolute atomic E-state index is 13.2. The molecule has 2 aliphatic heterocycles. The van der Waals surface area contributed by atoms with Crippen LogP contribution in [0.25, 0.3) is 0 Å². The Morgan fingerprint density at radius 2 is 1.82 bits per heavy atom. The van der Waals surface area contributed by atoms with Crippen molar-refractivity contribution in [2.75, 3.05) is 57.9 Å². The molecule has 0 bridgehead atoms. The van der Waals surface area contributed by atoms with Crippen molar-refractivity contribution in [1.29, 1.82) is 0 Å². The number of carbonyl (C=O) groups excluding carboxylic acids is 1. The van der Waals surface area contributed by atoms with E-state index >= 15 is 0 Å². The molecule has 3 heterocycles. The van der Waals surface area contributed by atoms with Crippen LogP contribution in [-0.2, 0) is 10.9 Å². The molecule has 0 aliphatic carbocycles. The number of aliphatic hydroxyl groups is 1. The Morgan fingerprint density at radius 3 is 2.48 bits per heavy atom. The van der Waals surface area contributed by atoms with E-state index in [1.165, 1.54) is 18.4 Å². The van der Waals surface area contributed by atoms with Gasteiger partial charge in [-0.2, -0.15) is 18.2 Å². The third-order valence-electron chi connectivity index (χ3n) is 6.00. The topological polar surface area (TPSA) is 91.1 Å². The Balaban J connectivity index is 1.56. The zero-order chi connectivity index (χ0) is 23.4. The number of hydrogen-bond acceptors (Lipinski definition) is 6. The fourth-order valence-corrected chi connectivity index (χ4v) is 4.31. The standard InChI is InChI=1S/C22H27F3N4O4/c23-22(24,25)18-3-1-15(2-4-18)16-11-17(20-27-19(14-33-20)26-5-8-30)13-29(12-16)21(31)28-6-9-32-10-7-28/h1-4,14,16-17,26,30H,5-13H2. The van der Waals surface area contributed by atoms with Gasteiger partial charge in [-0.3, -0.25) is 0 Å². The number of amides is 2. The number of carbonyl (C=O) groups is 1. The van der Waals surface area contributed by atoms with Crippen LogP contribution in [0.3, 0.4) is 0 Å². The molecule has 2 saturated heterocycles. The SMILES string of the molecule is O=C(N1CCOCC1)N1CC(c2ccc(C(F)(F)F)cc2)CC(c2nc(NCCO)co2)C1. The van der Waals surface area contributed by atoms with E-state index in [2.05, 4.69) is 10.3 Å². The van der Waals surface area contributed by atoms with Gasteiger partial charge in [0.2, 0.25) is 5.89 Å². The summed E-state index contributed by atoms with van der Waals surface area (Å²) < 4.78 is 50.0. The number of halogens is 3. The Hall–Kier alpha value is -2.79. The number of urea groups is 1. The summed E-state index contributed by atoms with van der Waals surface area (Å²) in [7, 11) is 0. The number of ether oxygens (including phenoxy) is 1. The molecule has 2 N–H and O–H groups in total. The van der Waals surface area contributed by atoms with Crippen molar-refractivity contribution in [1.82, 2.24) is 14.8 Å². The minimum Gasteiger partial charge on any atom is -0.446 e. The van der Waals surface area contributed by atoms with Crippen LogP contribution in [0, 0.1) is 0 Å². The molecule has 0 spiro atoms. The second-order valence-electron chi connectivity index (χ2n) is 8.26. The minimum absolute atomic E-state index is 0.0521. The number of aromatic nitrogens is 1. The quantitative estimate of drug-likeness (QED) is 0.701. The monoisotopic (exact) mass is 468 g/mol. The van der Waals surface area contributed by atoms with Gasteiger partial charge < -0.3 is 29.4 Å². The average molecular weight is 468 g/mol. The second kappa shape index (κ2) is 10.0. The lowest BCUT2D eigenvalue weighted by atomic mass is 9.84. The van der Waals surface area contributed by atoms with E-state index in [0.717, 1.165) is 17.7 Å². The molecular formula is C22H27F3N4O4. The Bertz CT molecular complexity index is 928. The van der Waals surface area contributed by atoms with Crippen LogP contribution >= 0.6 is 0 Å². The van der Waals surface area contributed by atoms with Crippen molar-refractivity contribution in [3.05, 3.63) is 47.5 Å². The number of morpholine rings is 1. The van der Waals surface area contributed by atoms with E-state index in [0.29, 0.717) is 64.1 Å². The minimum atomic E-state index is -4.40. The van der Waals surface area contributed by atoms with E-state index in [-0.39, 0.29) is 24.5 Å². The van der Waals surface area contributed by atoms with Crippen LogP contribution < -0.4 is 5.32 Å². The average Bonchev–Trinajstić information content (AvgIpc) is 3.31. The molecule has 0 radical (unpaired) electrons. The molecule has 8 nitrogen and oxygen atoms in total. The molecule has 180 valence electrons. The summed E-state index contributed by atoms with van der Waals surface area (Å²) in [5.74, 6) is 0.547. The Kier molecular flexibility index (Phi) is 7.08. The molecule has 2 unspecified atom stereocenters. The summed E-state index contributed by atoms with van der Waals surface area (Å²) in [6.07, 6.45) is -2.36. The highest BCUT2D eigenvalue weighted by molar-refractivity contribution is 5.75. The summed E-state index contributed by atoms with van der Waals surface area (Å²) in [6.45, 7) is 3.02. The van der Waals surface area contributed by atoms with Gasteiger partial charge in [0.25, 0.3) is 0 Å². The molecule has 2 amide bonds. The maximum atomic E-state index is 13.2. The number of hydrogen-bond donors (Lipinski definition) is 2. The van der Waals surface area contributed by atoms with Gasteiger partial charge in [-0.25, -0.2) is 4.79 Å². The summed E-state index contributed by atoms with van der Waals surface area (Å²) in [4.78, 5) is 21.1. The predicted octanol–water partition coefficient (Wildman–Crippen LogP) is 3.12. The number of rotatable bonds is 5. The Morgan fingerprint density at radius 1 is 1.12 bits per heavy atom. The number of oxazole rings is 1. The lowest BCUT2D eigenvalue weighted by Gasteiger charge is -2.40. The summed E-state index contributed by atoms with van der Waals surface area (Å²) >= 11 is 0. The highest BCUT2D eigenvalue weighted by atomic mass is 19.4. The zero-order valence-electron chi connectivity index (χ0n) is 18.1. The van der Waals surface area contributed by atoms with Crippen LogP contribution in [0.4, 0.5) is 23.8 Å². The van der Waals surface area contributed by atoms with Gasteiger partial charge in [-0.1, -0.05) is 12.1 Å². The first kappa shape index (κ1) is 23.4.